The Balaban J connectivity index is 2.48. The van der Waals surface area contributed by atoms with E-state index in [1.807, 2.05) is 0 Å². The van der Waals surface area contributed by atoms with Gasteiger partial charge in [-0.15, -0.1) is 0 Å². The van der Waals surface area contributed by atoms with E-state index in [2.05, 4.69) is 0 Å². The molecule has 0 amide bonds. The lowest BCUT2D eigenvalue weighted by atomic mass is 9.35. The van der Waals surface area contributed by atoms with Crippen LogP contribution in [0, 0.1) is 29.1 Å². The lowest BCUT2D eigenvalue weighted by molar-refractivity contribution is 0.384. The third-order valence-corrected chi connectivity index (χ3v) is 4.69. The Labute approximate surface area is 176 Å². The summed E-state index contributed by atoms with van der Waals surface area (Å²) < 4.78 is 96.4. The molecule has 30 heavy (non-hydrogen) atoms. The highest BCUT2D eigenvalue weighted by Crippen LogP contribution is 2.21. The topological polar surface area (TPSA) is 3.24 Å². The fraction of sp³-hybridized carbons (Fsp3) is 0.130. The van der Waals surface area contributed by atoms with Gasteiger partial charge >= 0.3 is 0 Å². The first kappa shape index (κ1) is 17.7. The lowest BCUT2D eigenvalue weighted by Gasteiger charge is -2.36. The van der Waals surface area contributed by atoms with E-state index in [0.717, 1.165) is 0 Å². The second-order valence-electron chi connectivity index (χ2n) is 6.88. The number of rotatable bonds is 5. The van der Waals surface area contributed by atoms with Gasteiger partial charge in [-0.05, 0) is 24.0 Å². The van der Waals surface area contributed by atoms with Gasteiger partial charge in [0, 0.05) is 18.2 Å². The molecule has 1 nitrogen and oxygen atoms in total. The third-order valence-electron chi connectivity index (χ3n) is 4.69. The van der Waals surface area contributed by atoms with Gasteiger partial charge in [0.25, 0.3) is 0 Å². The summed E-state index contributed by atoms with van der Waals surface area (Å²) in [7, 11) is 3.23. The molecule has 0 saturated carbocycles. The van der Waals surface area contributed by atoms with Crippen LogP contribution in [-0.4, -0.2) is 20.8 Å². The van der Waals surface area contributed by atoms with Crippen LogP contribution in [0.4, 0.5) is 27.6 Å². The molecule has 0 aliphatic heterocycles. The molecule has 3 aromatic rings. The molecule has 0 spiro atoms. The number of hydrogen-bond donors (Lipinski definition) is 0. The van der Waals surface area contributed by atoms with E-state index < -0.39 is 53.6 Å². The second kappa shape index (κ2) is 8.73. The van der Waals surface area contributed by atoms with Gasteiger partial charge in [0.2, 0.25) is 0 Å². The van der Waals surface area contributed by atoms with Crippen LogP contribution >= 0.6 is 0 Å². The van der Waals surface area contributed by atoms with E-state index in [1.54, 1.807) is 61.5 Å². The van der Waals surface area contributed by atoms with Crippen molar-refractivity contribution in [2.45, 2.75) is 6.85 Å². The molecule has 3 aromatic carbocycles. The summed E-state index contributed by atoms with van der Waals surface area (Å²) in [6, 6.07) is 14.2. The summed E-state index contributed by atoms with van der Waals surface area (Å²) in [5, 5.41) is 0. The fourth-order valence-electron chi connectivity index (χ4n) is 3.30. The third kappa shape index (κ3) is 3.97. The van der Waals surface area contributed by atoms with Crippen molar-refractivity contribution in [2.75, 3.05) is 19.0 Å². The Bertz CT molecular complexity index is 1170. The summed E-state index contributed by atoms with van der Waals surface area (Å²) >= 11 is 0. The molecule has 0 atom stereocenters. The molecule has 0 saturated heterocycles. The predicted octanol–water partition coefficient (Wildman–Crippen LogP) is 4.70. The van der Waals surface area contributed by atoms with Crippen molar-refractivity contribution >= 4 is 29.4 Å². The number of halogens is 5. The molecule has 7 heteroatoms. The molecule has 0 fully saturated rings. The molecule has 0 aliphatic rings. The lowest BCUT2D eigenvalue weighted by Crippen LogP contribution is -2.49. The van der Waals surface area contributed by atoms with Gasteiger partial charge in [0.1, 0.15) is 11.6 Å². The monoisotopic (exact) mass is 418 g/mol. The van der Waals surface area contributed by atoms with Crippen LogP contribution in [0.3, 0.4) is 0 Å². The quantitative estimate of drug-likeness (QED) is 0.251. The molecule has 155 valence electrons. The Morgan fingerprint density at radius 2 is 1.33 bits per heavy atom. The van der Waals surface area contributed by atoms with E-state index in [0.29, 0.717) is 11.3 Å². The number of benzene rings is 3. The van der Waals surface area contributed by atoms with Crippen molar-refractivity contribution in [1.82, 2.24) is 0 Å². The average molecular weight is 418 g/mol. The van der Waals surface area contributed by atoms with Crippen molar-refractivity contribution in [3.63, 3.8) is 0 Å². The van der Waals surface area contributed by atoms with Crippen molar-refractivity contribution in [1.29, 1.82) is 0 Å². The maximum atomic E-state index is 15.0. The summed E-state index contributed by atoms with van der Waals surface area (Å²) in [4.78, 5) is 1.56. The van der Waals surface area contributed by atoms with Gasteiger partial charge in [-0.1, -0.05) is 61.5 Å². The van der Waals surface area contributed by atoms with E-state index in [1.165, 1.54) is 18.2 Å². The zero-order valence-corrected chi connectivity index (χ0v) is 16.2. The molecule has 0 heterocycles. The van der Waals surface area contributed by atoms with Crippen molar-refractivity contribution in [3.05, 3.63) is 94.7 Å². The number of para-hydroxylation sites is 1. The minimum atomic E-state index is -2.93. The van der Waals surface area contributed by atoms with E-state index >= 15 is 8.78 Å². The molecule has 0 bridgehead atoms. The molecule has 0 unspecified atom stereocenters. The fourth-order valence-corrected chi connectivity index (χ4v) is 3.30. The van der Waals surface area contributed by atoms with Gasteiger partial charge in [-0.3, -0.25) is 5.47 Å². The van der Waals surface area contributed by atoms with Gasteiger partial charge in [-0.25, -0.2) is 27.4 Å². The molecular weight excluding hydrogens is 396 g/mol. The number of hydrogen-bond acceptors (Lipinski definition) is 1. The van der Waals surface area contributed by atoms with Crippen molar-refractivity contribution < 1.29 is 26.1 Å². The van der Waals surface area contributed by atoms with Crippen LogP contribution in [0.25, 0.3) is 6.08 Å². The first-order chi connectivity index (χ1) is 15.4. The van der Waals surface area contributed by atoms with Gasteiger partial charge in [0.15, 0.2) is 17.5 Å². The van der Waals surface area contributed by atoms with Crippen LogP contribution in [0.5, 0.6) is 0 Å². The smallest absolute Gasteiger partial charge is 0.200 e. The summed E-state index contributed by atoms with van der Waals surface area (Å²) in [5.41, 5.74) is -0.899. The van der Waals surface area contributed by atoms with Gasteiger partial charge in [0.05, 0.1) is 0 Å². The first-order valence-corrected chi connectivity index (χ1v) is 8.99. The second-order valence-corrected chi connectivity index (χ2v) is 6.88. The minimum absolute atomic E-state index is 0.0732. The molecule has 3 rings (SSSR count). The maximum absolute atomic E-state index is 15.0. The Morgan fingerprint density at radius 1 is 0.800 bits per heavy atom. The number of nitrogens with zero attached hydrogens (tertiary/aromatic N) is 1. The standard InChI is InChI=1S/C23H19BF5N/c1-14(13-15-9-5-4-6-10-15)24(16-11-7-8-12-17(16)30(2)3)18-19(25)21(27)23(29)22(28)20(18)26/h4-13H,1-3H3/q-1/b14-13+/i1D3. The zero-order valence-electron chi connectivity index (χ0n) is 19.2. The van der Waals surface area contributed by atoms with Crippen LogP contribution in [0.15, 0.2) is 60.1 Å². The highest BCUT2D eigenvalue weighted by molar-refractivity contribution is 6.92. The molecule has 0 N–H and O–H groups in total. The molecule has 0 aliphatic carbocycles. The van der Waals surface area contributed by atoms with Crippen LogP contribution in [0.1, 0.15) is 16.5 Å². The molecule has 0 aromatic heterocycles. The SMILES string of the molecule is [2H]C([2H])([2H])/C(=C\c1ccccc1)[B-](c1ccccc1N(C)C)c1c(F)c(F)c(F)c(F)c1F. The average Bonchev–Trinajstić information content (AvgIpc) is 2.78. The highest BCUT2D eigenvalue weighted by atomic mass is 19.2. The summed E-state index contributed by atoms with van der Waals surface area (Å²) in [5.74, 6) is -10.7. The van der Waals surface area contributed by atoms with Crippen LogP contribution in [0.2, 0.25) is 0 Å². The van der Waals surface area contributed by atoms with E-state index in [-0.39, 0.29) is 5.46 Å². The maximum Gasteiger partial charge on any atom is 0.200 e. The van der Waals surface area contributed by atoms with Crippen LogP contribution < -0.4 is 15.8 Å². The normalized spacial score (nSPS) is 13.7. The Hall–Kier alpha value is -3.09. The van der Waals surface area contributed by atoms with Crippen LogP contribution in [-0.2, 0) is 0 Å². The largest absolute Gasteiger partial charge is 0.380 e. The van der Waals surface area contributed by atoms with E-state index in [9.17, 15) is 13.2 Å². The van der Waals surface area contributed by atoms with Crippen molar-refractivity contribution in [3.8, 4) is 0 Å². The Morgan fingerprint density at radius 3 is 1.90 bits per heavy atom. The number of anilines is 1. The number of allylic oxidation sites excluding steroid dienone is 1. The summed E-state index contributed by atoms with van der Waals surface area (Å²) in [6.07, 6.45) is 1.20. The zero-order chi connectivity index (χ0) is 24.5. The summed E-state index contributed by atoms with van der Waals surface area (Å²) in [6.45, 7) is -4.72. The Kier molecular flexibility index (Phi) is 5.17. The van der Waals surface area contributed by atoms with Crippen molar-refractivity contribution in [2.24, 2.45) is 0 Å². The molecule has 1 radical (unpaired) electrons. The first-order valence-electron chi connectivity index (χ1n) is 10.5. The molecular formula is C23H19BF5N-. The highest BCUT2D eigenvalue weighted by Gasteiger charge is 2.26. The predicted molar refractivity (Wildman–Crippen MR) is 112 cm³/mol. The van der Waals surface area contributed by atoms with E-state index in [4.69, 9.17) is 4.11 Å². The van der Waals surface area contributed by atoms with Gasteiger partial charge in [-0.2, -0.15) is 5.46 Å². The minimum Gasteiger partial charge on any atom is -0.380 e. The van der Waals surface area contributed by atoms with Gasteiger partial charge < -0.3 is 4.90 Å².